The molecular weight excluding hydrogens is 496 g/mol. The van der Waals surface area contributed by atoms with Crippen LogP contribution in [0.3, 0.4) is 0 Å². The topological polar surface area (TPSA) is 116 Å². The molecule has 0 spiro atoms. The molecule has 0 bridgehead atoms. The first-order valence-electron chi connectivity index (χ1n) is 13.2. The van der Waals surface area contributed by atoms with E-state index in [0.717, 1.165) is 42.6 Å². The van der Waals surface area contributed by atoms with Gasteiger partial charge in [-0.1, -0.05) is 60.7 Å². The highest BCUT2D eigenvalue weighted by atomic mass is 16.5. The molecule has 0 radical (unpaired) electrons. The van der Waals surface area contributed by atoms with E-state index in [1.54, 1.807) is 12.1 Å². The Kier molecular flexibility index (Phi) is 12.0. The molecule has 0 heterocycles. The highest BCUT2D eigenvalue weighted by Crippen LogP contribution is 2.20. The molecule has 0 aliphatic rings. The summed E-state index contributed by atoms with van der Waals surface area (Å²) in [4.78, 5) is 36.3. The molecule has 1 amide bonds. The molecule has 8 nitrogen and oxygen atoms in total. The van der Waals surface area contributed by atoms with Crippen LogP contribution in [0.1, 0.15) is 46.3 Å². The van der Waals surface area contributed by atoms with E-state index < -0.39 is 18.5 Å². The molecule has 0 saturated carbocycles. The summed E-state index contributed by atoms with van der Waals surface area (Å²) in [6, 6.07) is 24.8. The van der Waals surface area contributed by atoms with Gasteiger partial charge in [0.05, 0.1) is 18.7 Å². The predicted octanol–water partition coefficient (Wildman–Crippen LogP) is 4.42. The van der Waals surface area contributed by atoms with Crippen LogP contribution >= 0.6 is 0 Å². The van der Waals surface area contributed by atoms with Crippen molar-refractivity contribution in [3.05, 3.63) is 101 Å². The van der Waals surface area contributed by atoms with Gasteiger partial charge in [-0.05, 0) is 67.0 Å². The van der Waals surface area contributed by atoms with Gasteiger partial charge in [0.15, 0.2) is 0 Å². The summed E-state index contributed by atoms with van der Waals surface area (Å²) in [5, 5.41) is 20.4. The number of aryl methyl sites for hydroxylation is 1. The number of amides is 1. The second kappa shape index (κ2) is 15.9. The first-order chi connectivity index (χ1) is 18.9. The maximum atomic E-state index is 12.4. The number of ether oxygens (including phenoxy) is 1. The van der Waals surface area contributed by atoms with Crippen LogP contribution in [0.25, 0.3) is 0 Å². The molecule has 206 valence electrons. The Morgan fingerprint density at radius 1 is 0.769 bits per heavy atom. The summed E-state index contributed by atoms with van der Waals surface area (Å²) < 4.78 is 6.10. The van der Waals surface area contributed by atoms with Gasteiger partial charge in [0.25, 0.3) is 0 Å². The number of nitrogens with zero attached hydrogens (tertiary/aromatic N) is 1. The van der Waals surface area contributed by atoms with E-state index in [1.807, 2.05) is 35.2 Å². The van der Waals surface area contributed by atoms with E-state index in [-0.39, 0.29) is 18.0 Å². The average Bonchev–Trinajstić information content (AvgIpc) is 2.94. The Bertz CT molecular complexity index is 1200. The fraction of sp³-hybridized carbons (Fsp3) is 0.323. The van der Waals surface area contributed by atoms with Crippen LogP contribution in [0.5, 0.6) is 5.75 Å². The summed E-state index contributed by atoms with van der Waals surface area (Å²) in [5.41, 5.74) is 3.42. The SMILES string of the molecule is O=C(O)CNC(=O)CN(CCc1ccccc1OCCCCCc1ccccc1)Cc1ccc(C(=O)O)cc1. The van der Waals surface area contributed by atoms with Crippen molar-refractivity contribution in [3.8, 4) is 5.75 Å². The molecule has 0 aliphatic carbocycles. The lowest BCUT2D eigenvalue weighted by Gasteiger charge is -2.22. The van der Waals surface area contributed by atoms with E-state index in [1.165, 1.54) is 17.7 Å². The first-order valence-corrected chi connectivity index (χ1v) is 13.2. The van der Waals surface area contributed by atoms with Gasteiger partial charge in [-0.15, -0.1) is 0 Å². The van der Waals surface area contributed by atoms with E-state index >= 15 is 0 Å². The third-order valence-electron chi connectivity index (χ3n) is 6.29. The van der Waals surface area contributed by atoms with E-state index in [4.69, 9.17) is 14.9 Å². The Labute approximate surface area is 229 Å². The molecular formula is C31H36N2O6. The van der Waals surface area contributed by atoms with Crippen LogP contribution in [0, 0.1) is 0 Å². The second-order valence-corrected chi connectivity index (χ2v) is 9.39. The van der Waals surface area contributed by atoms with Crippen LogP contribution in [0.4, 0.5) is 0 Å². The number of rotatable bonds is 17. The number of carboxylic acid groups (broad SMARTS) is 2. The van der Waals surface area contributed by atoms with E-state index in [2.05, 4.69) is 29.6 Å². The molecule has 0 unspecified atom stereocenters. The average molecular weight is 533 g/mol. The minimum Gasteiger partial charge on any atom is -0.493 e. The summed E-state index contributed by atoms with van der Waals surface area (Å²) in [5.74, 6) is -1.68. The predicted molar refractivity (Wildman–Crippen MR) is 149 cm³/mol. The number of unbranched alkanes of at least 4 members (excludes halogenated alkanes) is 2. The van der Waals surface area contributed by atoms with Crippen LogP contribution in [-0.2, 0) is 29.0 Å². The number of hydrogen-bond donors (Lipinski definition) is 3. The molecule has 39 heavy (non-hydrogen) atoms. The zero-order valence-electron chi connectivity index (χ0n) is 22.1. The minimum atomic E-state index is -1.11. The monoisotopic (exact) mass is 532 g/mol. The Morgan fingerprint density at radius 3 is 2.21 bits per heavy atom. The van der Waals surface area contributed by atoms with Crippen LogP contribution in [-0.4, -0.2) is 59.2 Å². The highest BCUT2D eigenvalue weighted by molar-refractivity contribution is 5.87. The van der Waals surface area contributed by atoms with Crippen LogP contribution in [0.15, 0.2) is 78.9 Å². The van der Waals surface area contributed by atoms with Gasteiger partial charge in [-0.25, -0.2) is 4.79 Å². The quantitative estimate of drug-likeness (QED) is 0.220. The number of carbonyl (C=O) groups is 3. The zero-order chi connectivity index (χ0) is 27.9. The molecule has 3 N–H and O–H groups in total. The van der Waals surface area contributed by atoms with Gasteiger partial charge in [-0.3, -0.25) is 14.5 Å². The summed E-state index contributed by atoms with van der Waals surface area (Å²) in [6.07, 6.45) is 4.84. The van der Waals surface area contributed by atoms with E-state index in [0.29, 0.717) is 26.1 Å². The Balaban J connectivity index is 1.54. The van der Waals surface area contributed by atoms with Gasteiger partial charge >= 0.3 is 11.9 Å². The molecule has 0 aliphatic heterocycles. The molecule has 0 aromatic heterocycles. The van der Waals surface area contributed by atoms with Crippen molar-refractivity contribution in [2.45, 2.75) is 38.6 Å². The summed E-state index contributed by atoms with van der Waals surface area (Å²) in [6.45, 7) is 1.13. The molecule has 0 fully saturated rings. The second-order valence-electron chi connectivity index (χ2n) is 9.39. The third kappa shape index (κ3) is 11.0. The maximum Gasteiger partial charge on any atom is 0.335 e. The Hall–Kier alpha value is -4.17. The minimum absolute atomic E-state index is 0.0123. The van der Waals surface area contributed by atoms with E-state index in [9.17, 15) is 14.4 Å². The summed E-state index contributed by atoms with van der Waals surface area (Å²) >= 11 is 0. The molecule has 3 rings (SSSR count). The fourth-order valence-corrected chi connectivity index (χ4v) is 4.22. The molecule has 3 aromatic rings. The van der Waals surface area contributed by atoms with Crippen molar-refractivity contribution in [1.29, 1.82) is 0 Å². The van der Waals surface area contributed by atoms with Crippen molar-refractivity contribution in [2.24, 2.45) is 0 Å². The standard InChI is InChI=1S/C31H36N2O6/c34-29(32-21-30(35)36)23-33(22-25-14-16-27(17-15-25)31(37)38)19-18-26-12-6-7-13-28(26)39-20-8-2-5-11-24-9-3-1-4-10-24/h1,3-4,6-7,9-10,12-17H,2,5,8,11,18-23H2,(H,32,34)(H,35,36)(H,37,38). The maximum absolute atomic E-state index is 12.4. The smallest absolute Gasteiger partial charge is 0.335 e. The number of benzene rings is 3. The van der Waals surface area contributed by atoms with Gasteiger partial charge < -0.3 is 20.3 Å². The van der Waals surface area contributed by atoms with Gasteiger partial charge in [0.1, 0.15) is 12.3 Å². The fourth-order valence-electron chi connectivity index (χ4n) is 4.22. The zero-order valence-corrected chi connectivity index (χ0v) is 22.1. The number of carbonyl (C=O) groups excluding carboxylic acids is 1. The van der Waals surface area contributed by atoms with Gasteiger partial charge in [0, 0.05) is 13.1 Å². The number of aliphatic carboxylic acids is 1. The Morgan fingerprint density at radius 2 is 1.49 bits per heavy atom. The van der Waals surface area contributed by atoms with Crippen molar-refractivity contribution >= 4 is 17.8 Å². The number of para-hydroxylation sites is 1. The first kappa shape index (κ1) is 29.4. The number of aromatic carboxylic acids is 1. The normalized spacial score (nSPS) is 10.8. The molecule has 0 atom stereocenters. The number of nitrogens with one attached hydrogen (secondary N) is 1. The highest BCUT2D eigenvalue weighted by Gasteiger charge is 2.14. The summed E-state index contributed by atoms with van der Waals surface area (Å²) in [7, 11) is 0. The van der Waals surface area contributed by atoms with Crippen LogP contribution in [0.2, 0.25) is 0 Å². The molecule has 0 saturated heterocycles. The van der Waals surface area contributed by atoms with Crippen molar-refractivity contribution in [1.82, 2.24) is 10.2 Å². The van der Waals surface area contributed by atoms with Crippen molar-refractivity contribution < 1.29 is 29.3 Å². The third-order valence-corrected chi connectivity index (χ3v) is 6.29. The lowest BCUT2D eigenvalue weighted by atomic mass is 10.1. The largest absolute Gasteiger partial charge is 0.493 e. The lowest BCUT2D eigenvalue weighted by Crippen LogP contribution is -2.39. The van der Waals surface area contributed by atoms with Gasteiger partial charge in [-0.2, -0.15) is 0 Å². The number of hydrogen-bond acceptors (Lipinski definition) is 5. The van der Waals surface area contributed by atoms with Gasteiger partial charge in [0.2, 0.25) is 5.91 Å². The lowest BCUT2D eigenvalue weighted by molar-refractivity contribution is -0.138. The van der Waals surface area contributed by atoms with Crippen molar-refractivity contribution in [2.75, 3.05) is 26.2 Å². The van der Waals surface area contributed by atoms with Crippen molar-refractivity contribution in [3.63, 3.8) is 0 Å². The molecule has 8 heteroatoms. The van der Waals surface area contributed by atoms with Crippen LogP contribution < -0.4 is 10.1 Å². The molecule has 3 aromatic carbocycles. The number of carboxylic acids is 2.